The van der Waals surface area contributed by atoms with E-state index >= 15 is 0 Å². The van der Waals surface area contributed by atoms with E-state index in [2.05, 4.69) is 40.9 Å². The first-order valence-corrected chi connectivity index (χ1v) is 11.6. The van der Waals surface area contributed by atoms with Crippen LogP contribution in [0.5, 0.6) is 0 Å². The predicted molar refractivity (Wildman–Crippen MR) is 124 cm³/mol. The molecule has 4 aromatic heterocycles. The molecule has 4 heterocycles. The van der Waals surface area contributed by atoms with Gasteiger partial charge >= 0.3 is 6.18 Å². The van der Waals surface area contributed by atoms with Gasteiger partial charge in [0.1, 0.15) is 28.7 Å². The SMILES string of the molecule is O=C(NCc1ncc(C(O)Nc2cc(C(F)(F)F)c(Cl)cn2)s1)c1cc(Nc2nccs2)ncn1. The maximum atomic E-state index is 13.0. The minimum Gasteiger partial charge on any atom is -0.369 e. The number of amides is 1. The smallest absolute Gasteiger partial charge is 0.369 e. The van der Waals surface area contributed by atoms with Gasteiger partial charge in [0, 0.05) is 30.0 Å². The van der Waals surface area contributed by atoms with E-state index in [4.69, 9.17) is 11.6 Å². The molecule has 0 aliphatic heterocycles. The van der Waals surface area contributed by atoms with E-state index in [0.29, 0.717) is 26.9 Å². The average Bonchev–Trinajstić information content (AvgIpc) is 3.50. The van der Waals surface area contributed by atoms with Crippen molar-refractivity contribution >= 4 is 56.9 Å². The van der Waals surface area contributed by atoms with E-state index in [0.717, 1.165) is 17.5 Å². The van der Waals surface area contributed by atoms with E-state index in [9.17, 15) is 23.1 Å². The summed E-state index contributed by atoms with van der Waals surface area (Å²) < 4.78 is 39.0. The lowest BCUT2D eigenvalue weighted by molar-refractivity contribution is -0.137. The molecule has 10 nitrogen and oxygen atoms in total. The topological polar surface area (TPSA) is 138 Å². The molecule has 35 heavy (non-hydrogen) atoms. The number of pyridine rings is 1. The second-order valence-electron chi connectivity index (χ2n) is 6.68. The molecule has 0 spiro atoms. The Bertz CT molecular complexity index is 1320. The Morgan fingerprint density at radius 1 is 1.11 bits per heavy atom. The molecule has 16 heteroatoms. The van der Waals surface area contributed by atoms with Crippen molar-refractivity contribution in [1.82, 2.24) is 30.2 Å². The Labute approximate surface area is 208 Å². The molecule has 0 bridgehead atoms. The zero-order valence-electron chi connectivity index (χ0n) is 17.2. The molecule has 1 unspecified atom stereocenters. The summed E-state index contributed by atoms with van der Waals surface area (Å²) in [7, 11) is 0. The minimum atomic E-state index is -4.67. The number of carbonyl (C=O) groups is 1. The first-order valence-electron chi connectivity index (χ1n) is 9.58. The summed E-state index contributed by atoms with van der Waals surface area (Å²) in [6.45, 7) is 0.0346. The summed E-state index contributed by atoms with van der Waals surface area (Å²) in [6, 6.07) is 2.17. The van der Waals surface area contributed by atoms with Crippen molar-refractivity contribution < 1.29 is 23.1 Å². The normalized spacial score (nSPS) is 12.3. The molecule has 0 saturated heterocycles. The van der Waals surface area contributed by atoms with Crippen LogP contribution >= 0.6 is 34.3 Å². The number of alkyl halides is 3. The monoisotopic (exact) mass is 542 g/mol. The van der Waals surface area contributed by atoms with E-state index in [1.165, 1.54) is 29.9 Å². The van der Waals surface area contributed by atoms with Crippen molar-refractivity contribution in [2.24, 2.45) is 0 Å². The van der Waals surface area contributed by atoms with Crippen LogP contribution in [0.3, 0.4) is 0 Å². The van der Waals surface area contributed by atoms with Gasteiger partial charge in [-0.3, -0.25) is 4.79 Å². The number of hydrogen-bond donors (Lipinski definition) is 4. The summed E-state index contributed by atoms with van der Waals surface area (Å²) in [5.74, 6) is -0.297. The average molecular weight is 543 g/mol. The molecular weight excluding hydrogens is 529 g/mol. The summed E-state index contributed by atoms with van der Waals surface area (Å²) >= 11 is 7.97. The number of nitrogens with one attached hydrogen (secondary N) is 3. The summed E-state index contributed by atoms with van der Waals surface area (Å²) in [5.41, 5.74) is -0.960. The molecule has 0 saturated carbocycles. The Morgan fingerprint density at radius 3 is 2.69 bits per heavy atom. The van der Waals surface area contributed by atoms with Crippen LogP contribution in [0.4, 0.5) is 29.9 Å². The fourth-order valence-corrected chi connectivity index (χ4v) is 4.21. The number of carbonyl (C=O) groups excluding carboxylic acids is 1. The summed E-state index contributed by atoms with van der Waals surface area (Å²) in [5, 5.41) is 20.7. The number of rotatable bonds is 8. The van der Waals surface area contributed by atoms with Crippen LogP contribution in [-0.2, 0) is 12.7 Å². The van der Waals surface area contributed by atoms with Crippen LogP contribution in [0.15, 0.2) is 42.4 Å². The number of anilines is 3. The van der Waals surface area contributed by atoms with Crippen LogP contribution < -0.4 is 16.0 Å². The number of thiazole rings is 2. The molecule has 0 aliphatic rings. The van der Waals surface area contributed by atoms with Crippen molar-refractivity contribution in [3.8, 4) is 0 Å². The number of aromatic nitrogens is 5. The van der Waals surface area contributed by atoms with Crippen LogP contribution in [0.1, 0.15) is 32.2 Å². The zero-order chi connectivity index (χ0) is 25.0. The molecule has 1 amide bonds. The van der Waals surface area contributed by atoms with Gasteiger partial charge in [-0.1, -0.05) is 11.6 Å². The van der Waals surface area contributed by atoms with Crippen molar-refractivity contribution in [3.63, 3.8) is 0 Å². The van der Waals surface area contributed by atoms with Gasteiger partial charge in [-0.05, 0) is 6.07 Å². The molecule has 4 rings (SSSR count). The minimum absolute atomic E-state index is 0.0346. The molecule has 0 fully saturated rings. The number of halogens is 4. The van der Waals surface area contributed by atoms with Gasteiger partial charge in [0.25, 0.3) is 5.91 Å². The Morgan fingerprint density at radius 2 is 1.94 bits per heavy atom. The van der Waals surface area contributed by atoms with Gasteiger partial charge < -0.3 is 21.1 Å². The highest BCUT2D eigenvalue weighted by Gasteiger charge is 2.34. The highest BCUT2D eigenvalue weighted by Crippen LogP contribution is 2.36. The van der Waals surface area contributed by atoms with Crippen LogP contribution in [0.25, 0.3) is 0 Å². The van der Waals surface area contributed by atoms with Gasteiger partial charge in [-0.2, -0.15) is 13.2 Å². The molecule has 0 aromatic carbocycles. The lowest BCUT2D eigenvalue weighted by Crippen LogP contribution is -2.23. The first-order chi connectivity index (χ1) is 16.7. The zero-order valence-corrected chi connectivity index (χ0v) is 19.6. The van der Waals surface area contributed by atoms with Gasteiger partial charge in [-0.15, -0.1) is 22.7 Å². The van der Waals surface area contributed by atoms with Crippen molar-refractivity contribution in [2.75, 3.05) is 10.6 Å². The Kier molecular flexibility index (Phi) is 7.39. The third-order valence-electron chi connectivity index (χ3n) is 4.25. The van der Waals surface area contributed by atoms with Gasteiger partial charge in [-0.25, -0.2) is 24.9 Å². The van der Waals surface area contributed by atoms with Gasteiger partial charge in [0.2, 0.25) is 0 Å². The molecule has 0 aliphatic carbocycles. The second-order valence-corrected chi connectivity index (χ2v) is 9.13. The van der Waals surface area contributed by atoms with Crippen molar-refractivity contribution in [1.29, 1.82) is 0 Å². The number of aliphatic hydroxyl groups excluding tert-OH is 1. The standard InChI is InChI=1S/C19H14ClF3N8O2S2/c20-10-5-25-13(3-9(10)19(21,22)23)30-17(33)12-6-26-15(35-12)7-27-16(32)11-4-14(29-8-28-11)31-18-24-1-2-34-18/h1-6,8,17,33H,7H2,(H,25,30)(H,27,32)(H,24,28,29,31). The van der Waals surface area contributed by atoms with Crippen LogP contribution in [0.2, 0.25) is 5.02 Å². The van der Waals surface area contributed by atoms with E-state index in [1.54, 1.807) is 11.6 Å². The van der Waals surface area contributed by atoms with Gasteiger partial charge in [0.05, 0.1) is 22.0 Å². The summed E-state index contributed by atoms with van der Waals surface area (Å²) in [4.78, 5) is 32.7. The van der Waals surface area contributed by atoms with E-state index in [-0.39, 0.29) is 18.1 Å². The Balaban J connectivity index is 1.35. The third-order valence-corrected chi connectivity index (χ3v) is 6.29. The van der Waals surface area contributed by atoms with E-state index in [1.807, 2.05) is 0 Å². The maximum absolute atomic E-state index is 13.0. The number of nitrogens with zero attached hydrogens (tertiary/aromatic N) is 5. The van der Waals surface area contributed by atoms with Gasteiger partial charge in [0.15, 0.2) is 11.4 Å². The lowest BCUT2D eigenvalue weighted by atomic mass is 10.2. The van der Waals surface area contributed by atoms with E-state index < -0.39 is 28.9 Å². The molecule has 4 N–H and O–H groups in total. The van der Waals surface area contributed by atoms with Crippen LogP contribution in [-0.4, -0.2) is 35.9 Å². The maximum Gasteiger partial charge on any atom is 0.418 e. The third kappa shape index (κ3) is 6.39. The fourth-order valence-electron chi connectivity index (χ4n) is 2.67. The predicted octanol–water partition coefficient (Wildman–Crippen LogP) is 4.23. The summed E-state index contributed by atoms with van der Waals surface area (Å²) in [6.07, 6.45) is -0.999. The van der Waals surface area contributed by atoms with Crippen molar-refractivity contribution in [3.05, 3.63) is 68.6 Å². The Hall–Kier alpha value is -3.40. The molecule has 182 valence electrons. The highest BCUT2D eigenvalue weighted by molar-refractivity contribution is 7.13. The fraction of sp³-hybridized carbons (Fsp3) is 0.158. The lowest BCUT2D eigenvalue weighted by Gasteiger charge is -2.14. The van der Waals surface area contributed by atoms with Crippen LogP contribution in [0, 0.1) is 0 Å². The molecular formula is C19H14ClF3N8O2S2. The quantitative estimate of drug-likeness (QED) is 0.241. The first kappa shape index (κ1) is 24.7. The highest BCUT2D eigenvalue weighted by atomic mass is 35.5. The largest absolute Gasteiger partial charge is 0.418 e. The molecule has 1 atom stereocenters. The molecule has 0 radical (unpaired) electrons. The van der Waals surface area contributed by atoms with Crippen molar-refractivity contribution in [2.45, 2.75) is 18.9 Å². The number of hydrogen-bond acceptors (Lipinski definition) is 11. The second kappa shape index (κ2) is 10.5. The molecule has 4 aromatic rings. The number of aliphatic hydroxyl groups is 1.